The van der Waals surface area contributed by atoms with Gasteiger partial charge in [-0.15, -0.1) is 0 Å². The monoisotopic (exact) mass is 922 g/mol. The second-order valence-electron chi connectivity index (χ2n) is 19.0. The predicted molar refractivity (Wildman–Crippen MR) is 287 cm³/mol. The zero-order valence-electron chi connectivity index (χ0n) is 43.6. The largest absolute Gasteiger partial charge is 0.462 e. The second kappa shape index (κ2) is 53.3. The summed E-state index contributed by atoms with van der Waals surface area (Å²) in [7, 11) is 0. The van der Waals surface area contributed by atoms with Crippen molar-refractivity contribution < 1.29 is 24.5 Å². The number of esters is 1. The molecular formula is C60H107NO5. The van der Waals surface area contributed by atoms with Gasteiger partial charge in [-0.05, 0) is 96.3 Å². The number of carbonyl (C=O) groups is 2. The zero-order valence-corrected chi connectivity index (χ0v) is 43.6. The fourth-order valence-corrected chi connectivity index (χ4v) is 8.28. The Balaban J connectivity index is 4.60. The molecule has 66 heavy (non-hydrogen) atoms. The Bertz CT molecular complexity index is 1220. The third kappa shape index (κ3) is 47.8. The minimum atomic E-state index is -0.799. The van der Waals surface area contributed by atoms with Crippen molar-refractivity contribution in [1.82, 2.24) is 5.32 Å². The lowest BCUT2D eigenvalue weighted by Gasteiger charge is -2.24. The van der Waals surface area contributed by atoms with Gasteiger partial charge in [-0.2, -0.15) is 0 Å². The van der Waals surface area contributed by atoms with Crippen molar-refractivity contribution in [3.63, 3.8) is 0 Å². The summed E-state index contributed by atoms with van der Waals surface area (Å²) in [4.78, 5) is 26.2. The average molecular weight is 923 g/mol. The summed E-state index contributed by atoms with van der Waals surface area (Å²) in [5.41, 5.74) is 0. The van der Waals surface area contributed by atoms with E-state index in [0.717, 1.165) is 109 Å². The maximum Gasteiger partial charge on any atom is 0.306 e. The van der Waals surface area contributed by atoms with Gasteiger partial charge >= 0.3 is 5.97 Å². The van der Waals surface area contributed by atoms with E-state index in [1.54, 1.807) is 0 Å². The lowest BCUT2D eigenvalue weighted by Crippen LogP contribution is -2.46. The van der Waals surface area contributed by atoms with E-state index >= 15 is 0 Å². The molecule has 0 bridgehead atoms. The molecule has 6 nitrogen and oxygen atoms in total. The van der Waals surface area contributed by atoms with Crippen LogP contribution in [-0.2, 0) is 14.3 Å². The van der Waals surface area contributed by atoms with Crippen molar-refractivity contribution in [2.45, 2.75) is 289 Å². The smallest absolute Gasteiger partial charge is 0.306 e. The number of hydrogen-bond donors (Lipinski definition) is 3. The predicted octanol–water partition coefficient (Wildman–Crippen LogP) is 17.3. The quantitative estimate of drug-likeness (QED) is 0.0321. The summed E-state index contributed by atoms with van der Waals surface area (Å²) in [5.74, 6) is -0.508. The molecule has 0 aromatic rings. The van der Waals surface area contributed by atoms with Gasteiger partial charge in [0.15, 0.2) is 0 Å². The first-order valence-corrected chi connectivity index (χ1v) is 28.2. The molecule has 0 aliphatic rings. The summed E-state index contributed by atoms with van der Waals surface area (Å²) in [5, 5.41) is 23.8. The van der Waals surface area contributed by atoms with E-state index in [4.69, 9.17) is 4.74 Å². The van der Waals surface area contributed by atoms with Crippen molar-refractivity contribution in [2.75, 3.05) is 6.61 Å². The number of hydrogen-bond acceptors (Lipinski definition) is 5. The van der Waals surface area contributed by atoms with Crippen molar-refractivity contribution in [3.05, 3.63) is 72.9 Å². The molecule has 0 rings (SSSR count). The van der Waals surface area contributed by atoms with E-state index in [0.29, 0.717) is 19.3 Å². The fourth-order valence-electron chi connectivity index (χ4n) is 8.28. The Morgan fingerprint density at radius 3 is 1.27 bits per heavy atom. The van der Waals surface area contributed by atoms with E-state index in [1.807, 2.05) is 0 Å². The maximum absolute atomic E-state index is 13.3. The summed E-state index contributed by atoms with van der Waals surface area (Å²) in [6.45, 7) is 6.35. The first kappa shape index (κ1) is 63.3. The Hall–Kier alpha value is -2.70. The van der Waals surface area contributed by atoms with Gasteiger partial charge in [-0.25, -0.2) is 0 Å². The molecular weight excluding hydrogens is 815 g/mol. The van der Waals surface area contributed by atoms with Gasteiger partial charge < -0.3 is 20.3 Å². The number of nitrogens with one attached hydrogen (secondary N) is 1. The van der Waals surface area contributed by atoms with E-state index in [1.165, 1.54) is 116 Å². The van der Waals surface area contributed by atoms with Gasteiger partial charge in [0.1, 0.15) is 6.10 Å². The van der Waals surface area contributed by atoms with Crippen LogP contribution in [0.4, 0.5) is 0 Å². The molecule has 0 aliphatic heterocycles. The standard InChI is InChI=1S/C60H107NO5/c1-4-7-10-13-16-19-22-25-28-29-30-31-32-35-38-41-44-47-50-53-60(65)66-56(51-48-45-42-39-36-33-26-23-20-17-14-11-8-5-2)54-59(64)61-57(55-62)58(63)52-49-46-43-40-37-34-27-24-21-18-15-12-9-6-3/h8,11,16-17,19-20,25-26,28,30-31,33,56-58,62-63H,4-7,9-10,12-15,18,21-24,27,29,32,34-55H2,1-3H3,(H,61,64)/b11-8+,19-16-,20-17+,28-25-,31-30-,33-26+. The highest BCUT2D eigenvalue weighted by molar-refractivity contribution is 5.77. The highest BCUT2D eigenvalue weighted by atomic mass is 16.5. The number of amides is 1. The van der Waals surface area contributed by atoms with Crippen LogP contribution in [0.15, 0.2) is 72.9 Å². The molecule has 0 saturated carbocycles. The molecule has 382 valence electrons. The van der Waals surface area contributed by atoms with Crippen molar-refractivity contribution >= 4 is 11.9 Å². The molecule has 3 atom stereocenters. The van der Waals surface area contributed by atoms with E-state index in [2.05, 4.69) is 99.0 Å². The van der Waals surface area contributed by atoms with Crippen molar-refractivity contribution in [1.29, 1.82) is 0 Å². The Morgan fingerprint density at radius 2 is 0.818 bits per heavy atom. The van der Waals surface area contributed by atoms with Gasteiger partial charge in [-0.1, -0.05) is 235 Å². The number of unbranched alkanes of at least 4 members (excludes halogenated alkanes) is 26. The minimum Gasteiger partial charge on any atom is -0.462 e. The van der Waals surface area contributed by atoms with Crippen LogP contribution >= 0.6 is 0 Å². The topological polar surface area (TPSA) is 95.9 Å². The molecule has 3 unspecified atom stereocenters. The molecule has 0 aliphatic carbocycles. The maximum atomic E-state index is 13.3. The van der Waals surface area contributed by atoms with Crippen LogP contribution in [0.2, 0.25) is 0 Å². The molecule has 3 N–H and O–H groups in total. The average Bonchev–Trinajstić information content (AvgIpc) is 3.31. The first-order valence-electron chi connectivity index (χ1n) is 28.2. The molecule has 1 amide bonds. The summed E-state index contributed by atoms with van der Waals surface area (Å²) in [6.07, 6.45) is 68.2. The molecule has 0 heterocycles. The normalized spacial score (nSPS) is 13.7. The molecule has 0 saturated heterocycles. The summed E-state index contributed by atoms with van der Waals surface area (Å²) >= 11 is 0. The third-order valence-corrected chi connectivity index (χ3v) is 12.5. The highest BCUT2D eigenvalue weighted by Crippen LogP contribution is 2.18. The van der Waals surface area contributed by atoms with Crippen LogP contribution in [0.5, 0.6) is 0 Å². The fraction of sp³-hybridized carbons (Fsp3) is 0.767. The van der Waals surface area contributed by atoms with Crippen LogP contribution < -0.4 is 5.32 Å². The van der Waals surface area contributed by atoms with Gasteiger partial charge in [-0.3, -0.25) is 9.59 Å². The van der Waals surface area contributed by atoms with Gasteiger partial charge in [0.25, 0.3) is 0 Å². The van der Waals surface area contributed by atoms with E-state index in [9.17, 15) is 19.8 Å². The Labute approximate surface area is 409 Å². The number of ether oxygens (including phenoxy) is 1. The van der Waals surface area contributed by atoms with E-state index in [-0.39, 0.29) is 24.9 Å². The zero-order chi connectivity index (χ0) is 48.1. The second-order valence-corrected chi connectivity index (χ2v) is 19.0. The number of rotatable bonds is 50. The van der Waals surface area contributed by atoms with Crippen LogP contribution in [-0.4, -0.2) is 46.9 Å². The Kier molecular flexibility index (Phi) is 51.1. The lowest BCUT2D eigenvalue weighted by molar-refractivity contribution is -0.151. The van der Waals surface area contributed by atoms with Crippen LogP contribution in [0.25, 0.3) is 0 Å². The molecule has 0 aromatic carbocycles. The SMILES string of the molecule is CC/C=C/C/C=C/C/C=C/CCCCCCC(CC(=O)NC(CO)C(O)CCCCCCCCCCCCCCCC)OC(=O)CCCCCCCC/C=C\C/C=C\C/C=C\CCCCC. The first-order chi connectivity index (χ1) is 32.5. The van der Waals surface area contributed by atoms with Gasteiger partial charge in [0.2, 0.25) is 5.91 Å². The van der Waals surface area contributed by atoms with Crippen LogP contribution in [0.1, 0.15) is 271 Å². The number of allylic oxidation sites excluding steroid dienone is 12. The molecule has 0 fully saturated rings. The molecule has 0 spiro atoms. The highest BCUT2D eigenvalue weighted by Gasteiger charge is 2.24. The third-order valence-electron chi connectivity index (χ3n) is 12.5. The van der Waals surface area contributed by atoms with Crippen LogP contribution in [0, 0.1) is 0 Å². The molecule has 0 radical (unpaired) electrons. The van der Waals surface area contributed by atoms with Crippen molar-refractivity contribution in [3.8, 4) is 0 Å². The summed E-state index contributed by atoms with van der Waals surface area (Å²) < 4.78 is 5.94. The van der Waals surface area contributed by atoms with Crippen molar-refractivity contribution in [2.24, 2.45) is 0 Å². The number of carbonyl (C=O) groups excluding carboxylic acids is 2. The number of aliphatic hydroxyl groups is 2. The number of aliphatic hydroxyl groups excluding tert-OH is 2. The van der Waals surface area contributed by atoms with Gasteiger partial charge in [0, 0.05) is 6.42 Å². The summed E-state index contributed by atoms with van der Waals surface area (Å²) in [6, 6.07) is -0.715. The molecule has 0 aromatic heterocycles. The minimum absolute atomic E-state index is 0.0551. The Morgan fingerprint density at radius 1 is 0.455 bits per heavy atom. The lowest BCUT2D eigenvalue weighted by atomic mass is 10.0. The van der Waals surface area contributed by atoms with E-state index < -0.39 is 18.2 Å². The molecule has 6 heteroatoms. The van der Waals surface area contributed by atoms with Crippen LogP contribution in [0.3, 0.4) is 0 Å². The van der Waals surface area contributed by atoms with Gasteiger partial charge in [0.05, 0.1) is 25.2 Å².